The Kier molecular flexibility index (Phi) is 37.9. The summed E-state index contributed by atoms with van der Waals surface area (Å²) in [4.78, 5) is 226. The van der Waals surface area contributed by atoms with Crippen molar-refractivity contribution in [3.8, 4) is 0 Å². The van der Waals surface area contributed by atoms with Crippen molar-refractivity contribution in [1.29, 1.82) is 0 Å². The number of carbonyl (C=O) groups excluding carboxylic acids is 14. The van der Waals surface area contributed by atoms with Gasteiger partial charge in [-0.25, -0.2) is 0 Å². The van der Waals surface area contributed by atoms with E-state index < -0.39 is 174 Å². The molecule has 2 heterocycles. The van der Waals surface area contributed by atoms with Crippen LogP contribution in [-0.4, -0.2) is 298 Å². The zero-order valence-corrected chi connectivity index (χ0v) is 74.3. The molecule has 0 bridgehead atoms. The molecule has 2 fully saturated rings. The minimum absolute atomic E-state index is 0.0308. The molecule has 14 atom stereocenters. The summed E-state index contributed by atoms with van der Waals surface area (Å²) in [6, 6.07) is 18.7. The zero-order chi connectivity index (χ0) is 89.3. The van der Waals surface area contributed by atoms with Crippen LogP contribution < -0.4 is 21.3 Å². The molecule has 5 N–H and O–H groups in total. The van der Waals surface area contributed by atoms with Gasteiger partial charge in [-0.3, -0.25) is 67.1 Å². The number of amides is 14. The van der Waals surface area contributed by atoms with Crippen molar-refractivity contribution in [3.05, 3.63) is 144 Å². The number of hydrogen-bond donors (Lipinski definition) is 5. The maximum absolute atomic E-state index is 16.0. The van der Waals surface area contributed by atoms with Gasteiger partial charge in [0, 0.05) is 115 Å². The monoisotopic (exact) mass is 1660 g/mol. The molecule has 0 saturated carbocycles. The number of piperidine rings is 1. The van der Waals surface area contributed by atoms with Crippen molar-refractivity contribution < 1.29 is 72.2 Å². The Balaban J connectivity index is 1.51. The summed E-state index contributed by atoms with van der Waals surface area (Å²) in [5.41, 5.74) is 2.53. The number of aliphatic hydroxyl groups is 1. The third-order valence-electron chi connectivity index (χ3n) is 23.6. The van der Waals surface area contributed by atoms with Gasteiger partial charge in [-0.05, 0) is 105 Å². The van der Waals surface area contributed by atoms with E-state index in [1.165, 1.54) is 112 Å². The number of carbonyl (C=O) groups is 14. The Morgan fingerprint density at radius 2 is 0.875 bits per heavy atom. The number of rotatable bonds is 24. The smallest absolute Gasteiger partial charge is 0.246 e. The number of nitrogens with one attached hydrogen (secondary N) is 4. The highest BCUT2D eigenvalue weighted by molar-refractivity contribution is 6.01. The van der Waals surface area contributed by atoms with Crippen molar-refractivity contribution in [2.24, 2.45) is 23.7 Å². The fraction of sp³-hybridized carbons (Fsp3) is 0.582. The molecular weight excluding hydrogens is 1530 g/mol. The first-order chi connectivity index (χ1) is 56.6. The molecule has 2 aliphatic heterocycles. The van der Waals surface area contributed by atoms with Crippen LogP contribution in [0.3, 0.4) is 0 Å². The fourth-order valence-electron chi connectivity index (χ4n) is 15.4. The molecular formula is C91H134N14O15. The number of likely N-dealkylation sites (tertiary alicyclic amines) is 1. The lowest BCUT2D eigenvalue weighted by molar-refractivity contribution is -0.154. The molecule has 4 aromatic carbocycles. The minimum Gasteiger partial charge on any atom is -0.391 e. The zero-order valence-electron chi connectivity index (χ0n) is 74.3. The first-order valence-electron chi connectivity index (χ1n) is 42.3. The Labute approximate surface area is 710 Å². The van der Waals surface area contributed by atoms with E-state index in [-0.39, 0.29) is 75.2 Å². The summed E-state index contributed by atoms with van der Waals surface area (Å²) in [6.07, 6.45) is -0.284. The van der Waals surface area contributed by atoms with E-state index in [9.17, 15) is 19.5 Å². The second-order valence-electron chi connectivity index (χ2n) is 34.1. The van der Waals surface area contributed by atoms with Crippen LogP contribution in [0.5, 0.6) is 0 Å². The molecule has 6 rings (SSSR count). The van der Waals surface area contributed by atoms with Crippen LogP contribution in [0, 0.1) is 23.7 Å². The third kappa shape index (κ3) is 27.0. The third-order valence-corrected chi connectivity index (χ3v) is 23.6. The lowest BCUT2D eigenvalue weighted by atomic mass is 9.94. The van der Waals surface area contributed by atoms with E-state index in [0.29, 0.717) is 41.8 Å². The van der Waals surface area contributed by atoms with E-state index in [2.05, 4.69) is 21.3 Å². The predicted molar refractivity (Wildman–Crippen MR) is 459 cm³/mol. The molecule has 29 nitrogen and oxygen atoms in total. The van der Waals surface area contributed by atoms with Gasteiger partial charge in [-0.1, -0.05) is 183 Å². The van der Waals surface area contributed by atoms with Gasteiger partial charge in [0.05, 0.1) is 12.5 Å². The minimum atomic E-state index is -1.94. The molecule has 0 aliphatic carbocycles. The topological polar surface area (TPSA) is 340 Å². The SMILES string of the molecule is CC[C@H](C)[C@@H]1NC(=O)[C@H](Cc2ccccc2)N(C)C(=O)[C@H](C)N(C)C(=O)[C@H](CC(C)C)N(C)C(=O)[C@H](Cc2ccccc2)N(C)C(=O)CCN(C)C(=O)C[C@@H](C(=O)N(C)[C@@H](Cc2ccccc2)C(=O)N(C)[C@@H](Cc2ccccc2)C(=O)N[C@@H](C)C(=O)N2CCCCC2)NC(=O)[C@H]([C@@H](C)O)NC(=O)[C@H](CC(C)C)N(C)C(=O)[C@H](CC(C)C)N(C)C1=O. The molecule has 14 amide bonds. The van der Waals surface area contributed by atoms with Crippen molar-refractivity contribution in [2.45, 2.75) is 238 Å². The number of hydrogen-bond acceptors (Lipinski definition) is 15. The Bertz CT molecular complexity index is 4110. The van der Waals surface area contributed by atoms with Crippen LogP contribution in [0.2, 0.25) is 0 Å². The summed E-state index contributed by atoms with van der Waals surface area (Å²) < 4.78 is 0. The number of nitrogens with zero attached hydrogens (tertiary/aromatic N) is 10. The highest BCUT2D eigenvalue weighted by Crippen LogP contribution is 2.26. The average molecular weight is 1660 g/mol. The number of aliphatic hydroxyl groups excluding tert-OH is 1. The molecule has 0 aromatic heterocycles. The Morgan fingerprint density at radius 1 is 0.458 bits per heavy atom. The standard InChI is InChI=1S/C91H134N14O15/c1-21-60(8)78-91(120)104(20)73(51-59(6)7)88(117)100(16)69(49-57(2)3)81(110)95-79(63(11)106)83(112)93-68(86(115)102(18)75(55-67-43-33-25-34-44-67)90(119)101(17)70(52-64-37-27-22-28-38-64)80(109)92-61(9)84(113)105-46-35-26-36-47-105)56-77(108)96(12)48-45-76(107)98(14)74(54-66-41-31-24-32-42-66)89(118)103(19)72(50-58(4)5)87(116)97(13)62(10)85(114)99(15)71(82(111)94-78)53-65-39-29-23-30-40-65/h22-25,27-34,37-44,57-63,68-75,78-79,106H,21,26,35-36,45-56H2,1-20H3,(H,92,109)(H,93,112)(H,94,111)(H,95,110)/t60-,61-,62-,63+,68-,69-,70-,71-,72-,73-,74-,75-,78-,79-/m0/s1. The van der Waals surface area contributed by atoms with Crippen LogP contribution >= 0.6 is 0 Å². The summed E-state index contributed by atoms with van der Waals surface area (Å²) in [7, 11) is 12.7. The maximum Gasteiger partial charge on any atom is 0.246 e. The molecule has 2 aliphatic rings. The van der Waals surface area contributed by atoms with Gasteiger partial charge < -0.3 is 75.4 Å². The summed E-state index contributed by atoms with van der Waals surface area (Å²) in [5, 5.41) is 22.9. The van der Waals surface area contributed by atoms with Crippen molar-refractivity contribution in [1.82, 2.24) is 70.3 Å². The highest BCUT2D eigenvalue weighted by atomic mass is 16.3. The average Bonchev–Trinajstić information content (AvgIpc) is 0.810. The van der Waals surface area contributed by atoms with E-state index in [4.69, 9.17) is 0 Å². The van der Waals surface area contributed by atoms with Crippen LogP contribution in [0.15, 0.2) is 121 Å². The van der Waals surface area contributed by atoms with E-state index >= 15 is 52.7 Å². The maximum atomic E-state index is 16.0. The first kappa shape index (κ1) is 98.2. The van der Waals surface area contributed by atoms with Crippen molar-refractivity contribution in [2.75, 3.05) is 83.1 Å². The van der Waals surface area contributed by atoms with Gasteiger partial charge in [-0.2, -0.15) is 0 Å². The van der Waals surface area contributed by atoms with Gasteiger partial charge in [0.1, 0.15) is 72.5 Å². The van der Waals surface area contributed by atoms with Crippen molar-refractivity contribution >= 4 is 82.7 Å². The summed E-state index contributed by atoms with van der Waals surface area (Å²) >= 11 is 0. The van der Waals surface area contributed by atoms with Crippen LogP contribution in [0.25, 0.3) is 0 Å². The largest absolute Gasteiger partial charge is 0.391 e. The second kappa shape index (κ2) is 46.3. The van der Waals surface area contributed by atoms with Crippen LogP contribution in [0.1, 0.15) is 156 Å². The lowest BCUT2D eigenvalue weighted by Crippen LogP contribution is -2.63. The Hall–Kier alpha value is -10.6. The van der Waals surface area contributed by atoms with E-state index in [0.717, 1.165) is 29.1 Å². The summed E-state index contributed by atoms with van der Waals surface area (Å²) in [5.74, 6) is -11.7. The van der Waals surface area contributed by atoms with Crippen LogP contribution in [-0.2, 0) is 92.8 Å². The normalized spacial score (nSPS) is 22.9. The predicted octanol–water partition coefficient (Wildman–Crippen LogP) is 5.38. The molecule has 0 unspecified atom stereocenters. The van der Waals surface area contributed by atoms with E-state index in [1.54, 1.807) is 154 Å². The lowest BCUT2D eigenvalue weighted by Gasteiger charge is -2.39. The van der Waals surface area contributed by atoms with Gasteiger partial charge in [-0.15, -0.1) is 0 Å². The molecule has 4 aromatic rings. The van der Waals surface area contributed by atoms with Gasteiger partial charge in [0.15, 0.2) is 0 Å². The molecule has 120 heavy (non-hydrogen) atoms. The van der Waals surface area contributed by atoms with Gasteiger partial charge >= 0.3 is 0 Å². The second-order valence-corrected chi connectivity index (χ2v) is 34.1. The van der Waals surface area contributed by atoms with Crippen LogP contribution in [0.4, 0.5) is 0 Å². The number of benzene rings is 4. The Morgan fingerprint density at radius 3 is 1.36 bits per heavy atom. The molecule has 2 saturated heterocycles. The first-order valence-corrected chi connectivity index (χ1v) is 42.3. The molecule has 658 valence electrons. The van der Waals surface area contributed by atoms with E-state index in [1.807, 2.05) is 34.6 Å². The quantitative estimate of drug-likeness (QED) is 0.0588. The molecule has 0 spiro atoms. The highest BCUT2D eigenvalue weighted by Gasteiger charge is 2.46. The fourth-order valence-corrected chi connectivity index (χ4v) is 15.4. The van der Waals surface area contributed by atoms with Gasteiger partial charge in [0.25, 0.3) is 0 Å². The van der Waals surface area contributed by atoms with Crippen molar-refractivity contribution in [3.63, 3.8) is 0 Å². The molecule has 29 heteroatoms. The van der Waals surface area contributed by atoms with Gasteiger partial charge in [0.2, 0.25) is 82.7 Å². The molecule has 0 radical (unpaired) electrons. The summed E-state index contributed by atoms with van der Waals surface area (Å²) in [6.45, 7) is 19.6. The number of likely N-dealkylation sites (N-methyl/N-ethyl adjacent to an activating group) is 8.